The van der Waals surface area contributed by atoms with Crippen LogP contribution in [-0.4, -0.2) is 41.3 Å². The zero-order valence-electron chi connectivity index (χ0n) is 15.9. The molecular formula is C21H32N2O2. The molecule has 0 aromatic heterocycles. The lowest BCUT2D eigenvalue weighted by Gasteiger charge is -2.32. The van der Waals surface area contributed by atoms with Crippen molar-refractivity contribution >= 4 is 6.08 Å². The van der Waals surface area contributed by atoms with E-state index >= 15 is 0 Å². The molecule has 138 valence electrons. The van der Waals surface area contributed by atoms with Gasteiger partial charge in [0.05, 0.1) is 11.8 Å². The number of allylic oxidation sites excluding steroid dienone is 2. The smallest absolute Gasteiger partial charge is 0.102 e. The Kier molecular flexibility index (Phi) is 7.69. The van der Waals surface area contributed by atoms with Crippen LogP contribution in [0.15, 0.2) is 47.7 Å². The number of nitrogens with zero attached hydrogens (tertiary/aromatic N) is 1. The maximum absolute atomic E-state index is 10.3. The van der Waals surface area contributed by atoms with Crippen LogP contribution in [0.1, 0.15) is 46.1 Å². The first-order chi connectivity index (χ1) is 12.0. The summed E-state index contributed by atoms with van der Waals surface area (Å²) in [7, 11) is 0. The normalized spacial score (nSPS) is 17.6. The van der Waals surface area contributed by atoms with Crippen molar-refractivity contribution in [2.24, 2.45) is 0 Å². The molecule has 0 amide bonds. The second kappa shape index (κ2) is 9.76. The van der Waals surface area contributed by atoms with Crippen molar-refractivity contribution in [2.45, 2.75) is 58.7 Å². The number of aliphatic hydroxyl groups excluding tert-OH is 1. The average molecular weight is 344 g/mol. The Labute approximate surface area is 152 Å². The molecule has 1 aromatic carbocycles. The minimum absolute atomic E-state index is 0.270. The van der Waals surface area contributed by atoms with Crippen molar-refractivity contribution in [3.63, 3.8) is 0 Å². The third-order valence-electron chi connectivity index (χ3n) is 4.45. The van der Waals surface area contributed by atoms with Gasteiger partial charge in [-0.05, 0) is 57.7 Å². The lowest BCUT2D eigenvalue weighted by Crippen LogP contribution is -2.43. The van der Waals surface area contributed by atoms with E-state index in [0.29, 0.717) is 18.6 Å². The predicted octanol–water partition coefficient (Wildman–Crippen LogP) is 3.75. The van der Waals surface area contributed by atoms with Crippen LogP contribution < -0.4 is 5.48 Å². The van der Waals surface area contributed by atoms with E-state index in [1.165, 1.54) is 11.1 Å². The Morgan fingerprint density at radius 1 is 1.16 bits per heavy atom. The summed E-state index contributed by atoms with van der Waals surface area (Å²) in [4.78, 5) is 7.84. The van der Waals surface area contributed by atoms with E-state index in [4.69, 9.17) is 4.84 Å². The predicted molar refractivity (Wildman–Crippen MR) is 104 cm³/mol. The van der Waals surface area contributed by atoms with Gasteiger partial charge in [-0.1, -0.05) is 36.4 Å². The lowest BCUT2D eigenvalue weighted by molar-refractivity contribution is -0.0253. The second-order valence-electron chi connectivity index (χ2n) is 7.19. The highest BCUT2D eigenvalue weighted by atomic mass is 16.6. The Hall–Kier alpha value is -1.62. The Morgan fingerprint density at radius 2 is 1.84 bits per heavy atom. The molecule has 1 aliphatic carbocycles. The van der Waals surface area contributed by atoms with Gasteiger partial charge in [0.25, 0.3) is 0 Å². The van der Waals surface area contributed by atoms with Crippen molar-refractivity contribution in [2.75, 3.05) is 13.2 Å². The van der Waals surface area contributed by atoms with Gasteiger partial charge in [0, 0.05) is 18.6 Å². The molecule has 0 saturated carbocycles. The monoisotopic (exact) mass is 344 g/mol. The van der Waals surface area contributed by atoms with Crippen molar-refractivity contribution in [1.82, 2.24) is 10.4 Å². The highest BCUT2D eigenvalue weighted by Crippen LogP contribution is 2.25. The number of rotatable bonds is 9. The molecule has 0 fully saturated rings. The fourth-order valence-corrected chi connectivity index (χ4v) is 3.17. The van der Waals surface area contributed by atoms with Gasteiger partial charge >= 0.3 is 0 Å². The minimum Gasteiger partial charge on any atom is -0.389 e. The van der Waals surface area contributed by atoms with Crippen LogP contribution in [0.4, 0.5) is 0 Å². The Morgan fingerprint density at radius 3 is 2.48 bits per heavy atom. The third kappa shape index (κ3) is 6.31. The van der Waals surface area contributed by atoms with Crippen LogP contribution in [0.5, 0.6) is 0 Å². The van der Waals surface area contributed by atoms with Crippen molar-refractivity contribution in [3.8, 4) is 0 Å². The number of aliphatic hydroxyl groups is 1. The van der Waals surface area contributed by atoms with Crippen molar-refractivity contribution < 1.29 is 9.94 Å². The Balaban J connectivity index is 1.81. The van der Waals surface area contributed by atoms with Gasteiger partial charge in [0.2, 0.25) is 0 Å². The summed E-state index contributed by atoms with van der Waals surface area (Å²) in [6.45, 7) is 9.48. The van der Waals surface area contributed by atoms with Gasteiger partial charge in [-0.3, -0.25) is 15.2 Å². The molecule has 2 rings (SSSR count). The molecule has 1 aliphatic rings. The zero-order valence-corrected chi connectivity index (χ0v) is 15.9. The number of benzene rings is 1. The molecule has 4 heteroatoms. The van der Waals surface area contributed by atoms with Gasteiger partial charge in [-0.25, -0.2) is 0 Å². The average Bonchev–Trinajstić information content (AvgIpc) is 3.00. The maximum Gasteiger partial charge on any atom is 0.102 e. The summed E-state index contributed by atoms with van der Waals surface area (Å²) < 4.78 is 0. The van der Waals surface area contributed by atoms with Gasteiger partial charge < -0.3 is 5.11 Å². The zero-order chi connectivity index (χ0) is 18.2. The summed E-state index contributed by atoms with van der Waals surface area (Å²) in [5, 5.41) is 10.3. The molecule has 0 aliphatic heterocycles. The first-order valence-electron chi connectivity index (χ1n) is 9.25. The summed E-state index contributed by atoms with van der Waals surface area (Å²) in [5.74, 6) is 0. The quantitative estimate of drug-likeness (QED) is 0.670. The molecule has 0 saturated heterocycles. The molecule has 2 N–H and O–H groups in total. The first kappa shape index (κ1) is 19.7. The molecule has 0 unspecified atom stereocenters. The first-order valence-corrected chi connectivity index (χ1v) is 9.25. The Bertz CT molecular complexity index is 571. The van der Waals surface area contributed by atoms with Gasteiger partial charge in [-0.15, -0.1) is 0 Å². The van der Waals surface area contributed by atoms with E-state index in [0.717, 1.165) is 18.5 Å². The molecule has 0 bridgehead atoms. The second-order valence-corrected chi connectivity index (χ2v) is 7.19. The van der Waals surface area contributed by atoms with E-state index in [1.54, 1.807) is 0 Å². The SMILES string of the molecule is CC(C)N(C[C@H](O)CONC1=CCCC1=Cc1ccccc1)C(C)C. The summed E-state index contributed by atoms with van der Waals surface area (Å²) in [5.41, 5.74) is 6.48. The highest BCUT2D eigenvalue weighted by Gasteiger charge is 2.18. The summed E-state index contributed by atoms with van der Waals surface area (Å²) in [6.07, 6.45) is 5.85. The summed E-state index contributed by atoms with van der Waals surface area (Å²) in [6, 6.07) is 11.1. The highest BCUT2D eigenvalue weighted by molar-refractivity contribution is 5.59. The van der Waals surface area contributed by atoms with E-state index in [1.807, 2.05) is 18.2 Å². The minimum atomic E-state index is -0.513. The van der Waals surface area contributed by atoms with Gasteiger partial charge in [0.15, 0.2) is 0 Å². The van der Waals surface area contributed by atoms with Crippen LogP contribution in [0, 0.1) is 0 Å². The number of hydroxylamine groups is 1. The number of nitrogens with one attached hydrogen (secondary N) is 1. The van der Waals surface area contributed by atoms with E-state index in [-0.39, 0.29) is 6.61 Å². The molecule has 1 atom stereocenters. The third-order valence-corrected chi connectivity index (χ3v) is 4.45. The molecule has 0 radical (unpaired) electrons. The van der Waals surface area contributed by atoms with Crippen LogP contribution in [-0.2, 0) is 4.84 Å². The fraction of sp³-hybridized carbons (Fsp3) is 0.524. The molecule has 25 heavy (non-hydrogen) atoms. The molecule has 0 spiro atoms. The number of hydrogen-bond acceptors (Lipinski definition) is 4. The van der Waals surface area contributed by atoms with Crippen LogP contribution >= 0.6 is 0 Å². The van der Waals surface area contributed by atoms with Gasteiger partial charge in [-0.2, -0.15) is 0 Å². The van der Waals surface area contributed by atoms with E-state index in [9.17, 15) is 5.11 Å². The number of hydrogen-bond donors (Lipinski definition) is 2. The van der Waals surface area contributed by atoms with Crippen LogP contribution in [0.25, 0.3) is 6.08 Å². The molecule has 1 aromatic rings. The molecule has 0 heterocycles. The molecular weight excluding hydrogens is 312 g/mol. The van der Waals surface area contributed by atoms with E-state index < -0.39 is 6.10 Å². The fourth-order valence-electron chi connectivity index (χ4n) is 3.17. The van der Waals surface area contributed by atoms with Gasteiger partial charge in [0.1, 0.15) is 6.61 Å². The van der Waals surface area contributed by atoms with Crippen molar-refractivity contribution in [1.29, 1.82) is 0 Å². The largest absolute Gasteiger partial charge is 0.389 e. The van der Waals surface area contributed by atoms with E-state index in [2.05, 4.69) is 62.4 Å². The lowest BCUT2D eigenvalue weighted by atomic mass is 10.1. The van der Waals surface area contributed by atoms with Crippen LogP contribution in [0.2, 0.25) is 0 Å². The maximum atomic E-state index is 10.3. The van der Waals surface area contributed by atoms with Crippen LogP contribution in [0.3, 0.4) is 0 Å². The topological polar surface area (TPSA) is 44.7 Å². The standard InChI is InChI=1S/C21H32N2O2/c1-16(2)23(17(3)4)14-20(24)15-25-22-21-12-8-11-19(21)13-18-9-6-5-7-10-18/h5-7,9-10,12-13,16-17,20,22,24H,8,11,14-15H2,1-4H3/t20-/m0/s1. The van der Waals surface area contributed by atoms with Crippen molar-refractivity contribution in [3.05, 3.63) is 53.2 Å². The summed E-state index contributed by atoms with van der Waals surface area (Å²) >= 11 is 0. The molecule has 4 nitrogen and oxygen atoms in total.